The van der Waals surface area contributed by atoms with E-state index in [1.54, 1.807) is 18.2 Å². The molecule has 0 aliphatic carbocycles. The third-order valence-corrected chi connectivity index (χ3v) is 8.31. The SMILES string of the molecule is Cc1cc2cc(CN(C[C@@H]3CCCO3)S(=O)(=O)c3ccc(C)c(Cl)c3)c(=O)[nH]c2cc1C. The van der Waals surface area contributed by atoms with Crippen LogP contribution in [0.25, 0.3) is 10.9 Å². The number of nitrogens with one attached hydrogen (secondary N) is 1. The summed E-state index contributed by atoms with van der Waals surface area (Å²) in [6.07, 6.45) is 1.48. The maximum atomic E-state index is 13.6. The van der Waals surface area contributed by atoms with Gasteiger partial charge in [-0.25, -0.2) is 8.42 Å². The highest BCUT2D eigenvalue weighted by Crippen LogP contribution is 2.26. The highest BCUT2D eigenvalue weighted by Gasteiger charge is 2.30. The third kappa shape index (κ3) is 4.62. The molecule has 2 aromatic carbocycles. The number of H-pyrrole nitrogens is 1. The van der Waals surface area contributed by atoms with Gasteiger partial charge in [0, 0.05) is 35.8 Å². The third-order valence-electron chi connectivity index (χ3n) is 6.09. The van der Waals surface area contributed by atoms with Gasteiger partial charge < -0.3 is 9.72 Å². The lowest BCUT2D eigenvalue weighted by Crippen LogP contribution is -2.38. The summed E-state index contributed by atoms with van der Waals surface area (Å²) in [5.41, 5.74) is 3.82. The molecule has 8 heteroatoms. The molecule has 4 rings (SSSR count). The Morgan fingerprint density at radius 2 is 1.84 bits per heavy atom. The second-order valence-electron chi connectivity index (χ2n) is 8.49. The lowest BCUT2D eigenvalue weighted by molar-refractivity contribution is 0.0925. The molecule has 0 bridgehead atoms. The second kappa shape index (κ2) is 8.98. The smallest absolute Gasteiger partial charge is 0.252 e. The number of nitrogens with zero attached hydrogens (tertiary/aromatic N) is 1. The van der Waals surface area contributed by atoms with Crippen LogP contribution in [0.2, 0.25) is 5.02 Å². The lowest BCUT2D eigenvalue weighted by Gasteiger charge is -2.25. The van der Waals surface area contributed by atoms with Crippen molar-refractivity contribution in [2.24, 2.45) is 0 Å². The molecule has 0 radical (unpaired) electrons. The molecule has 6 nitrogen and oxygen atoms in total. The predicted molar refractivity (Wildman–Crippen MR) is 127 cm³/mol. The number of halogens is 1. The van der Waals surface area contributed by atoms with Gasteiger partial charge in [-0.1, -0.05) is 17.7 Å². The van der Waals surface area contributed by atoms with Gasteiger partial charge in [0.1, 0.15) is 0 Å². The molecule has 1 atom stereocenters. The average molecular weight is 475 g/mol. The van der Waals surface area contributed by atoms with Gasteiger partial charge in [0.15, 0.2) is 0 Å². The predicted octanol–water partition coefficient (Wildman–Crippen LogP) is 4.48. The molecule has 1 aliphatic rings. The fourth-order valence-corrected chi connectivity index (χ4v) is 5.70. The van der Waals surface area contributed by atoms with E-state index < -0.39 is 10.0 Å². The molecule has 0 unspecified atom stereocenters. The van der Waals surface area contributed by atoms with E-state index >= 15 is 0 Å². The Hall–Kier alpha value is -2.19. The maximum Gasteiger partial charge on any atom is 0.252 e. The number of benzene rings is 2. The number of sulfonamides is 1. The zero-order valence-electron chi connectivity index (χ0n) is 18.4. The van der Waals surface area contributed by atoms with E-state index in [-0.39, 0.29) is 29.6 Å². The second-order valence-corrected chi connectivity index (χ2v) is 10.8. The van der Waals surface area contributed by atoms with Crippen LogP contribution >= 0.6 is 11.6 Å². The van der Waals surface area contributed by atoms with E-state index in [2.05, 4.69) is 4.98 Å². The van der Waals surface area contributed by atoms with Crippen LogP contribution < -0.4 is 5.56 Å². The van der Waals surface area contributed by atoms with E-state index in [1.165, 1.54) is 10.4 Å². The minimum atomic E-state index is -3.89. The van der Waals surface area contributed by atoms with E-state index in [4.69, 9.17) is 16.3 Å². The van der Waals surface area contributed by atoms with Crippen molar-refractivity contribution in [2.75, 3.05) is 13.2 Å². The van der Waals surface area contributed by atoms with Crippen LogP contribution in [-0.4, -0.2) is 37.0 Å². The fourth-order valence-electron chi connectivity index (χ4n) is 3.98. The zero-order valence-corrected chi connectivity index (χ0v) is 20.0. The van der Waals surface area contributed by atoms with Gasteiger partial charge in [0.25, 0.3) is 5.56 Å². The summed E-state index contributed by atoms with van der Waals surface area (Å²) in [5.74, 6) is 0. The van der Waals surface area contributed by atoms with Crippen molar-refractivity contribution >= 4 is 32.5 Å². The Morgan fingerprint density at radius 1 is 1.09 bits per heavy atom. The first kappa shape index (κ1) is 23.0. The molecule has 0 saturated carbocycles. The van der Waals surface area contributed by atoms with Gasteiger partial charge in [-0.2, -0.15) is 4.31 Å². The molecule has 3 aromatic rings. The molecule has 0 amide bonds. The number of fused-ring (bicyclic) bond motifs is 1. The highest BCUT2D eigenvalue weighted by atomic mass is 35.5. The van der Waals surface area contributed by atoms with Crippen molar-refractivity contribution in [3.8, 4) is 0 Å². The van der Waals surface area contributed by atoms with E-state index in [0.29, 0.717) is 17.2 Å². The molecular weight excluding hydrogens is 448 g/mol. The van der Waals surface area contributed by atoms with E-state index in [9.17, 15) is 13.2 Å². The van der Waals surface area contributed by atoms with Crippen molar-refractivity contribution < 1.29 is 13.2 Å². The van der Waals surface area contributed by atoms with Gasteiger partial charge in [-0.3, -0.25) is 4.79 Å². The van der Waals surface area contributed by atoms with E-state index in [0.717, 1.165) is 40.4 Å². The van der Waals surface area contributed by atoms with Crippen LogP contribution in [0.3, 0.4) is 0 Å². The van der Waals surface area contributed by atoms with Crippen molar-refractivity contribution in [3.05, 3.63) is 74.0 Å². The van der Waals surface area contributed by atoms with Gasteiger partial charge in [-0.15, -0.1) is 0 Å². The Balaban J connectivity index is 1.75. The quantitative estimate of drug-likeness (QED) is 0.571. The maximum absolute atomic E-state index is 13.6. The molecule has 1 aromatic heterocycles. The van der Waals surface area contributed by atoms with Crippen LogP contribution in [0.4, 0.5) is 0 Å². The Morgan fingerprint density at radius 3 is 2.53 bits per heavy atom. The fraction of sp³-hybridized carbons (Fsp3) is 0.375. The first-order chi connectivity index (χ1) is 15.1. The number of hydrogen-bond acceptors (Lipinski definition) is 4. The number of aromatic amines is 1. The van der Waals surface area contributed by atoms with Crippen molar-refractivity contribution in [1.82, 2.24) is 9.29 Å². The molecule has 1 fully saturated rings. The Kier molecular flexibility index (Phi) is 6.45. The summed E-state index contributed by atoms with van der Waals surface area (Å²) in [6, 6.07) is 10.4. The van der Waals surface area contributed by atoms with Crippen molar-refractivity contribution in [2.45, 2.75) is 51.2 Å². The first-order valence-corrected chi connectivity index (χ1v) is 12.5. The minimum absolute atomic E-state index is 0.0497. The highest BCUT2D eigenvalue weighted by molar-refractivity contribution is 7.89. The largest absolute Gasteiger partial charge is 0.377 e. The van der Waals surface area contributed by atoms with Gasteiger partial charge in [0.2, 0.25) is 10.0 Å². The molecular formula is C24H27ClN2O4S. The average Bonchev–Trinajstić information content (AvgIpc) is 3.24. The molecule has 170 valence electrons. The number of hydrogen-bond donors (Lipinski definition) is 1. The monoisotopic (exact) mass is 474 g/mol. The summed E-state index contributed by atoms with van der Waals surface area (Å²) in [4.78, 5) is 15.8. The number of aromatic nitrogens is 1. The first-order valence-electron chi connectivity index (χ1n) is 10.7. The van der Waals surface area contributed by atoms with Gasteiger partial charge in [-0.05, 0) is 86.0 Å². The van der Waals surface area contributed by atoms with Crippen LogP contribution in [0.1, 0.15) is 35.1 Å². The normalized spacial score (nSPS) is 16.8. The van der Waals surface area contributed by atoms with Gasteiger partial charge in [0.05, 0.1) is 11.0 Å². The van der Waals surface area contributed by atoms with Crippen molar-refractivity contribution in [3.63, 3.8) is 0 Å². The lowest BCUT2D eigenvalue weighted by atomic mass is 10.0. The molecule has 0 spiro atoms. The number of pyridine rings is 1. The Labute approximate surface area is 193 Å². The summed E-state index contributed by atoms with van der Waals surface area (Å²) in [5, 5.41) is 1.26. The summed E-state index contributed by atoms with van der Waals surface area (Å²) in [7, 11) is -3.89. The van der Waals surface area contributed by atoms with Crippen LogP contribution in [0.15, 0.2) is 46.1 Å². The summed E-state index contributed by atoms with van der Waals surface area (Å²) >= 11 is 6.21. The molecule has 1 aliphatic heterocycles. The topological polar surface area (TPSA) is 79.5 Å². The standard InChI is InChI=1S/C24H27ClN2O4S/c1-15-6-7-21(12-22(15)25)32(29,30)27(14-20-5-4-8-31-20)13-19-11-18-9-16(2)17(3)10-23(18)26-24(19)28/h6-7,9-12,20H,4-5,8,13-14H2,1-3H3,(H,26,28)/t20-/m0/s1. The molecule has 1 N–H and O–H groups in total. The van der Waals surface area contributed by atoms with Crippen LogP contribution in [-0.2, 0) is 21.3 Å². The molecule has 32 heavy (non-hydrogen) atoms. The number of aryl methyl sites for hydroxylation is 3. The van der Waals surface area contributed by atoms with Crippen LogP contribution in [0.5, 0.6) is 0 Å². The van der Waals surface area contributed by atoms with Gasteiger partial charge >= 0.3 is 0 Å². The van der Waals surface area contributed by atoms with Crippen molar-refractivity contribution in [1.29, 1.82) is 0 Å². The Bertz CT molecular complexity index is 1330. The summed E-state index contributed by atoms with van der Waals surface area (Å²) < 4.78 is 34.2. The summed E-state index contributed by atoms with van der Waals surface area (Å²) in [6.45, 7) is 6.56. The van der Waals surface area contributed by atoms with Crippen LogP contribution in [0, 0.1) is 20.8 Å². The number of rotatable bonds is 6. The number of ether oxygens (including phenoxy) is 1. The molecule has 2 heterocycles. The molecule has 1 saturated heterocycles. The zero-order chi connectivity index (χ0) is 23.0. The minimum Gasteiger partial charge on any atom is -0.377 e. The van der Waals surface area contributed by atoms with E-state index in [1.807, 2.05) is 32.9 Å².